The van der Waals surface area contributed by atoms with Crippen LogP contribution in [0.25, 0.3) is 0 Å². The van der Waals surface area contributed by atoms with E-state index in [1.807, 2.05) is 18.2 Å². The van der Waals surface area contributed by atoms with Crippen LogP contribution < -0.4 is 11.1 Å². The average Bonchev–Trinajstić information content (AvgIpc) is 2.59. The van der Waals surface area contributed by atoms with Gasteiger partial charge in [-0.3, -0.25) is 4.99 Å². The van der Waals surface area contributed by atoms with E-state index in [2.05, 4.69) is 10.3 Å². The molecule has 0 aliphatic carbocycles. The van der Waals surface area contributed by atoms with E-state index in [0.29, 0.717) is 28.0 Å². The molecule has 2 aromatic rings. The number of fused-ring (bicyclic) bond motifs is 1. The molecule has 6 heteroatoms. The van der Waals surface area contributed by atoms with Crippen LogP contribution in [0.5, 0.6) is 5.75 Å². The van der Waals surface area contributed by atoms with E-state index in [1.54, 1.807) is 18.2 Å². The summed E-state index contributed by atoms with van der Waals surface area (Å²) in [6.45, 7) is 0.352. The lowest BCUT2D eigenvalue weighted by atomic mass is 9.99. The molecule has 0 spiro atoms. The smallest absolute Gasteiger partial charge is 0.140 e. The molecule has 0 saturated carbocycles. The standard InChI is InChI=1S/C15H12ClN3OS/c16-10-4-2-1-3-8(10)15-9-5-11(17)13(20)6-12(9)19-14(21)7-18-15/h1-6,20H,7,17H2,(H,19,21). The van der Waals surface area contributed by atoms with Gasteiger partial charge in [0.15, 0.2) is 0 Å². The molecule has 106 valence electrons. The number of nitrogens with zero attached hydrogens (tertiary/aromatic N) is 1. The van der Waals surface area contributed by atoms with Crippen LogP contribution in [0.3, 0.4) is 0 Å². The van der Waals surface area contributed by atoms with E-state index in [0.717, 1.165) is 11.1 Å². The van der Waals surface area contributed by atoms with E-state index in [-0.39, 0.29) is 11.4 Å². The molecule has 3 rings (SSSR count). The Bertz CT molecular complexity index is 774. The Hall–Kier alpha value is -2.11. The molecule has 0 saturated heterocycles. The number of hydrogen-bond acceptors (Lipinski definition) is 4. The molecule has 1 aliphatic rings. The number of phenols is 1. The van der Waals surface area contributed by atoms with Crippen molar-refractivity contribution in [2.45, 2.75) is 0 Å². The highest BCUT2D eigenvalue weighted by Gasteiger charge is 2.20. The molecule has 1 heterocycles. The lowest BCUT2D eigenvalue weighted by Crippen LogP contribution is -2.11. The van der Waals surface area contributed by atoms with Crippen molar-refractivity contribution in [3.63, 3.8) is 0 Å². The number of nitrogens with two attached hydrogens (primary N) is 1. The molecule has 1 aliphatic heterocycles. The Balaban J connectivity index is 2.25. The third-order valence-electron chi connectivity index (χ3n) is 3.21. The third kappa shape index (κ3) is 2.57. The van der Waals surface area contributed by atoms with Crippen LogP contribution in [0, 0.1) is 0 Å². The summed E-state index contributed by atoms with van der Waals surface area (Å²) in [6, 6.07) is 10.7. The first kappa shape index (κ1) is 13.9. The summed E-state index contributed by atoms with van der Waals surface area (Å²) in [5.74, 6) is 0.00413. The number of anilines is 2. The molecule has 4 N–H and O–H groups in total. The van der Waals surface area contributed by atoms with Gasteiger partial charge in [-0.15, -0.1) is 0 Å². The second kappa shape index (κ2) is 5.35. The monoisotopic (exact) mass is 317 g/mol. The van der Waals surface area contributed by atoms with Crippen LogP contribution in [0.2, 0.25) is 5.02 Å². The molecule has 21 heavy (non-hydrogen) atoms. The number of benzodiazepines with no additional fused rings is 1. The molecule has 4 nitrogen and oxygen atoms in total. The van der Waals surface area contributed by atoms with Gasteiger partial charge in [0.25, 0.3) is 0 Å². The van der Waals surface area contributed by atoms with E-state index >= 15 is 0 Å². The maximum Gasteiger partial charge on any atom is 0.140 e. The molecule has 0 atom stereocenters. The summed E-state index contributed by atoms with van der Waals surface area (Å²) in [6.07, 6.45) is 0. The first-order chi connectivity index (χ1) is 10.1. The summed E-state index contributed by atoms with van der Waals surface area (Å²) in [7, 11) is 0. The minimum absolute atomic E-state index is 0.00413. The Labute approximate surface area is 132 Å². The molecular formula is C15H12ClN3OS. The fraction of sp³-hybridized carbons (Fsp3) is 0.0667. The lowest BCUT2D eigenvalue weighted by Gasteiger charge is -2.13. The maximum atomic E-state index is 9.79. The van der Waals surface area contributed by atoms with Crippen molar-refractivity contribution in [1.82, 2.24) is 0 Å². The van der Waals surface area contributed by atoms with Gasteiger partial charge in [-0.05, 0) is 12.1 Å². The van der Waals surface area contributed by atoms with Crippen LogP contribution in [0.4, 0.5) is 11.4 Å². The topological polar surface area (TPSA) is 70.6 Å². The fourth-order valence-electron chi connectivity index (χ4n) is 2.21. The Kier molecular flexibility index (Phi) is 3.53. The highest BCUT2D eigenvalue weighted by Crippen LogP contribution is 2.33. The molecular weight excluding hydrogens is 306 g/mol. The Morgan fingerprint density at radius 2 is 2.00 bits per heavy atom. The highest BCUT2D eigenvalue weighted by atomic mass is 35.5. The van der Waals surface area contributed by atoms with Crippen molar-refractivity contribution in [2.24, 2.45) is 4.99 Å². The summed E-state index contributed by atoms with van der Waals surface area (Å²) in [5, 5.41) is 13.5. The fourth-order valence-corrected chi connectivity index (χ4v) is 2.61. The average molecular weight is 318 g/mol. The maximum absolute atomic E-state index is 9.79. The number of benzene rings is 2. The van der Waals surface area contributed by atoms with Gasteiger partial charge in [0.1, 0.15) is 10.7 Å². The summed E-state index contributed by atoms with van der Waals surface area (Å²) >= 11 is 11.5. The van der Waals surface area contributed by atoms with Crippen LogP contribution in [0.1, 0.15) is 11.1 Å². The number of halogens is 1. The van der Waals surface area contributed by atoms with Gasteiger partial charge < -0.3 is 16.2 Å². The van der Waals surface area contributed by atoms with Gasteiger partial charge in [-0.25, -0.2) is 0 Å². The van der Waals surface area contributed by atoms with Gasteiger partial charge in [0.2, 0.25) is 0 Å². The molecule has 0 fully saturated rings. The number of nitrogens with one attached hydrogen (secondary N) is 1. The van der Waals surface area contributed by atoms with Crippen LogP contribution in [-0.2, 0) is 0 Å². The summed E-state index contributed by atoms with van der Waals surface area (Å²) in [4.78, 5) is 5.11. The quantitative estimate of drug-likeness (QED) is 0.429. The summed E-state index contributed by atoms with van der Waals surface area (Å²) < 4.78 is 0. The van der Waals surface area contributed by atoms with Gasteiger partial charge in [0.05, 0.1) is 23.6 Å². The number of hydrogen-bond donors (Lipinski definition) is 3. The zero-order valence-corrected chi connectivity index (χ0v) is 12.5. The normalized spacial score (nSPS) is 14.0. The Morgan fingerprint density at radius 1 is 1.24 bits per heavy atom. The number of phenolic OH excluding ortho intramolecular Hbond substituents is 1. The van der Waals surface area contributed by atoms with Crippen LogP contribution in [0.15, 0.2) is 41.4 Å². The van der Waals surface area contributed by atoms with Crippen molar-refractivity contribution in [1.29, 1.82) is 0 Å². The number of thiocarbonyl (C=S) groups is 1. The van der Waals surface area contributed by atoms with Crippen LogP contribution >= 0.6 is 23.8 Å². The van der Waals surface area contributed by atoms with Crippen molar-refractivity contribution < 1.29 is 5.11 Å². The second-order valence-corrected chi connectivity index (χ2v) is 5.55. The van der Waals surface area contributed by atoms with Gasteiger partial charge in [-0.1, -0.05) is 42.0 Å². The molecule has 0 radical (unpaired) electrons. The van der Waals surface area contributed by atoms with Crippen molar-refractivity contribution in [2.75, 3.05) is 17.6 Å². The molecule has 2 aromatic carbocycles. The van der Waals surface area contributed by atoms with Crippen molar-refractivity contribution >= 4 is 45.9 Å². The van der Waals surface area contributed by atoms with E-state index < -0.39 is 0 Å². The van der Waals surface area contributed by atoms with Gasteiger partial charge in [-0.2, -0.15) is 0 Å². The second-order valence-electron chi connectivity index (χ2n) is 4.65. The predicted molar refractivity (Wildman–Crippen MR) is 90.7 cm³/mol. The lowest BCUT2D eigenvalue weighted by molar-refractivity contribution is 0.478. The van der Waals surface area contributed by atoms with Gasteiger partial charge >= 0.3 is 0 Å². The van der Waals surface area contributed by atoms with E-state index in [4.69, 9.17) is 29.6 Å². The molecule has 0 amide bonds. The first-order valence-corrected chi connectivity index (χ1v) is 7.07. The third-order valence-corrected chi connectivity index (χ3v) is 3.77. The predicted octanol–water partition coefficient (Wildman–Crippen LogP) is 3.22. The van der Waals surface area contributed by atoms with E-state index in [9.17, 15) is 5.11 Å². The largest absolute Gasteiger partial charge is 0.506 e. The van der Waals surface area contributed by atoms with Crippen LogP contribution in [-0.4, -0.2) is 22.4 Å². The number of rotatable bonds is 1. The first-order valence-electron chi connectivity index (χ1n) is 6.28. The van der Waals surface area contributed by atoms with Crippen molar-refractivity contribution in [3.05, 3.63) is 52.5 Å². The molecule has 0 bridgehead atoms. The Morgan fingerprint density at radius 3 is 2.76 bits per heavy atom. The number of aromatic hydroxyl groups is 1. The molecule has 0 aromatic heterocycles. The minimum Gasteiger partial charge on any atom is -0.506 e. The summed E-state index contributed by atoms with van der Waals surface area (Å²) in [5.41, 5.74) is 9.03. The zero-order valence-electron chi connectivity index (χ0n) is 10.9. The SMILES string of the molecule is Nc1cc2c(cc1O)NC(=S)CN=C2c1ccccc1Cl. The number of aliphatic imine (C=N–C) groups is 1. The highest BCUT2D eigenvalue weighted by molar-refractivity contribution is 7.80. The van der Waals surface area contributed by atoms with E-state index in [1.165, 1.54) is 0 Å². The zero-order chi connectivity index (χ0) is 15.0. The minimum atomic E-state index is 0.00413. The number of nitrogen functional groups attached to an aromatic ring is 1. The van der Waals surface area contributed by atoms with Gasteiger partial charge in [0, 0.05) is 22.2 Å². The molecule has 0 unspecified atom stereocenters. The van der Waals surface area contributed by atoms with Crippen molar-refractivity contribution in [3.8, 4) is 5.75 Å².